The number of hydrogen-bond donors (Lipinski definition) is 1. The van der Waals surface area contributed by atoms with E-state index in [0.29, 0.717) is 18.8 Å². The standard InChI is InChI=1S/C19H17NO3/c21-18-11-5-4-10-17(18)19(22)20(14-16-9-6-12-23-16)13-15-7-2-1-3-8-15/h1-12,21H,13-14H2. The van der Waals surface area contributed by atoms with Crippen LogP contribution in [0.4, 0.5) is 0 Å². The fourth-order valence-electron chi connectivity index (χ4n) is 2.42. The Balaban J connectivity index is 1.88. The maximum Gasteiger partial charge on any atom is 0.258 e. The molecule has 4 nitrogen and oxygen atoms in total. The highest BCUT2D eigenvalue weighted by molar-refractivity contribution is 5.96. The third-order valence-corrected chi connectivity index (χ3v) is 3.56. The van der Waals surface area contributed by atoms with Crippen LogP contribution in [-0.4, -0.2) is 15.9 Å². The second kappa shape index (κ2) is 6.83. The average Bonchev–Trinajstić information content (AvgIpc) is 3.08. The van der Waals surface area contributed by atoms with Gasteiger partial charge >= 0.3 is 0 Å². The van der Waals surface area contributed by atoms with Crippen molar-refractivity contribution < 1.29 is 14.3 Å². The average molecular weight is 307 g/mol. The molecule has 0 spiro atoms. The van der Waals surface area contributed by atoms with Crippen molar-refractivity contribution >= 4 is 5.91 Å². The van der Waals surface area contributed by atoms with Gasteiger partial charge in [0.2, 0.25) is 0 Å². The van der Waals surface area contributed by atoms with Gasteiger partial charge in [0.15, 0.2) is 0 Å². The molecule has 3 aromatic rings. The summed E-state index contributed by atoms with van der Waals surface area (Å²) in [6.07, 6.45) is 1.58. The normalized spacial score (nSPS) is 10.4. The third-order valence-electron chi connectivity index (χ3n) is 3.56. The van der Waals surface area contributed by atoms with Crippen LogP contribution in [0.15, 0.2) is 77.4 Å². The van der Waals surface area contributed by atoms with Gasteiger partial charge in [-0.2, -0.15) is 0 Å². The van der Waals surface area contributed by atoms with Gasteiger partial charge in [0, 0.05) is 6.54 Å². The lowest BCUT2D eigenvalue weighted by Crippen LogP contribution is -2.30. The van der Waals surface area contributed by atoms with Gasteiger partial charge < -0.3 is 14.4 Å². The predicted molar refractivity (Wildman–Crippen MR) is 86.8 cm³/mol. The second-order valence-electron chi connectivity index (χ2n) is 5.24. The summed E-state index contributed by atoms with van der Waals surface area (Å²) in [7, 11) is 0. The van der Waals surface area contributed by atoms with Gasteiger partial charge in [0.05, 0.1) is 18.4 Å². The number of para-hydroxylation sites is 1. The Hall–Kier alpha value is -3.01. The Bertz CT molecular complexity index is 766. The van der Waals surface area contributed by atoms with Gasteiger partial charge in [-0.1, -0.05) is 42.5 Å². The molecule has 2 aromatic carbocycles. The molecule has 1 N–H and O–H groups in total. The molecule has 1 amide bonds. The lowest BCUT2D eigenvalue weighted by molar-refractivity contribution is 0.0714. The number of phenols is 1. The zero-order chi connectivity index (χ0) is 16.1. The Labute approximate surface area is 134 Å². The molecule has 23 heavy (non-hydrogen) atoms. The van der Waals surface area contributed by atoms with E-state index in [0.717, 1.165) is 5.56 Å². The molecule has 0 fully saturated rings. The highest BCUT2D eigenvalue weighted by Crippen LogP contribution is 2.21. The summed E-state index contributed by atoms with van der Waals surface area (Å²) in [5.74, 6) is 0.447. The van der Waals surface area contributed by atoms with Gasteiger partial charge in [0.1, 0.15) is 11.5 Å². The lowest BCUT2D eigenvalue weighted by Gasteiger charge is -2.22. The molecule has 0 bridgehead atoms. The number of carbonyl (C=O) groups is 1. The van der Waals surface area contributed by atoms with Crippen molar-refractivity contribution in [3.63, 3.8) is 0 Å². The van der Waals surface area contributed by atoms with E-state index >= 15 is 0 Å². The number of amides is 1. The van der Waals surface area contributed by atoms with Crippen LogP contribution in [0, 0.1) is 0 Å². The van der Waals surface area contributed by atoms with Crippen molar-refractivity contribution in [3.8, 4) is 5.75 Å². The van der Waals surface area contributed by atoms with Crippen molar-refractivity contribution in [2.24, 2.45) is 0 Å². The van der Waals surface area contributed by atoms with Gasteiger partial charge in [0.25, 0.3) is 5.91 Å². The molecule has 0 aliphatic carbocycles. The number of nitrogens with zero attached hydrogens (tertiary/aromatic N) is 1. The topological polar surface area (TPSA) is 53.7 Å². The molecule has 3 rings (SSSR count). The van der Waals surface area contributed by atoms with Crippen LogP contribution in [-0.2, 0) is 13.1 Å². The Morgan fingerprint density at radius 3 is 2.35 bits per heavy atom. The number of furan rings is 1. The number of benzene rings is 2. The largest absolute Gasteiger partial charge is 0.507 e. The minimum absolute atomic E-state index is 0.0185. The molecule has 0 atom stereocenters. The zero-order valence-corrected chi connectivity index (χ0v) is 12.6. The summed E-state index contributed by atoms with van der Waals surface area (Å²) in [5, 5.41) is 9.95. The van der Waals surface area contributed by atoms with Crippen LogP contribution in [0.3, 0.4) is 0 Å². The minimum Gasteiger partial charge on any atom is -0.507 e. The quantitative estimate of drug-likeness (QED) is 0.779. The molecule has 116 valence electrons. The molecule has 4 heteroatoms. The van der Waals surface area contributed by atoms with E-state index in [9.17, 15) is 9.90 Å². The fourth-order valence-corrected chi connectivity index (χ4v) is 2.42. The molecule has 1 heterocycles. The van der Waals surface area contributed by atoms with E-state index in [1.165, 1.54) is 6.07 Å². The van der Waals surface area contributed by atoms with Crippen LogP contribution >= 0.6 is 0 Å². The third kappa shape index (κ3) is 3.61. The summed E-state index contributed by atoms with van der Waals surface area (Å²) in [6.45, 7) is 0.782. The van der Waals surface area contributed by atoms with E-state index < -0.39 is 0 Å². The van der Waals surface area contributed by atoms with Crippen molar-refractivity contribution in [1.29, 1.82) is 0 Å². The minimum atomic E-state index is -0.233. The molecule has 0 aliphatic rings. The highest BCUT2D eigenvalue weighted by atomic mass is 16.3. The van der Waals surface area contributed by atoms with E-state index in [4.69, 9.17) is 4.42 Å². The molecule has 0 aliphatic heterocycles. The zero-order valence-electron chi connectivity index (χ0n) is 12.6. The van der Waals surface area contributed by atoms with Crippen LogP contribution in [0.25, 0.3) is 0 Å². The maximum absolute atomic E-state index is 12.8. The fraction of sp³-hybridized carbons (Fsp3) is 0.105. The number of aromatic hydroxyl groups is 1. The number of carbonyl (C=O) groups excluding carboxylic acids is 1. The first-order valence-electron chi connectivity index (χ1n) is 7.37. The van der Waals surface area contributed by atoms with Gasteiger partial charge in [-0.05, 0) is 29.8 Å². The van der Waals surface area contributed by atoms with E-state index in [1.54, 1.807) is 35.4 Å². The Morgan fingerprint density at radius 1 is 0.913 bits per heavy atom. The number of phenolic OH excluding ortho intramolecular Hbond substituents is 1. The van der Waals surface area contributed by atoms with Crippen LogP contribution < -0.4 is 0 Å². The second-order valence-corrected chi connectivity index (χ2v) is 5.24. The summed E-state index contributed by atoms with van der Waals surface area (Å²) in [5.41, 5.74) is 1.30. The summed E-state index contributed by atoms with van der Waals surface area (Å²) in [6, 6.07) is 19.9. The summed E-state index contributed by atoms with van der Waals surface area (Å²) >= 11 is 0. The molecular formula is C19H17NO3. The van der Waals surface area contributed by atoms with Gasteiger partial charge in [-0.15, -0.1) is 0 Å². The van der Waals surface area contributed by atoms with Crippen molar-refractivity contribution in [2.45, 2.75) is 13.1 Å². The predicted octanol–water partition coefficient (Wildman–Crippen LogP) is 3.83. The monoisotopic (exact) mass is 307 g/mol. The van der Waals surface area contributed by atoms with E-state index in [2.05, 4.69) is 0 Å². The molecule has 0 unspecified atom stereocenters. The van der Waals surface area contributed by atoms with Crippen LogP contribution in [0.2, 0.25) is 0 Å². The SMILES string of the molecule is O=C(c1ccccc1O)N(Cc1ccccc1)Cc1ccco1. The molecule has 0 radical (unpaired) electrons. The van der Waals surface area contributed by atoms with Crippen LogP contribution in [0.1, 0.15) is 21.7 Å². The highest BCUT2D eigenvalue weighted by Gasteiger charge is 2.20. The van der Waals surface area contributed by atoms with Gasteiger partial charge in [-0.25, -0.2) is 0 Å². The summed E-state index contributed by atoms with van der Waals surface area (Å²) in [4.78, 5) is 14.5. The molecule has 0 saturated carbocycles. The number of hydrogen-bond acceptors (Lipinski definition) is 3. The number of rotatable bonds is 5. The van der Waals surface area contributed by atoms with Gasteiger partial charge in [-0.3, -0.25) is 4.79 Å². The van der Waals surface area contributed by atoms with Crippen molar-refractivity contribution in [2.75, 3.05) is 0 Å². The first-order valence-corrected chi connectivity index (χ1v) is 7.37. The van der Waals surface area contributed by atoms with Crippen molar-refractivity contribution in [3.05, 3.63) is 89.9 Å². The smallest absolute Gasteiger partial charge is 0.258 e. The summed E-state index contributed by atoms with van der Waals surface area (Å²) < 4.78 is 5.36. The van der Waals surface area contributed by atoms with Crippen molar-refractivity contribution in [1.82, 2.24) is 4.90 Å². The van der Waals surface area contributed by atoms with E-state index in [-0.39, 0.29) is 17.2 Å². The van der Waals surface area contributed by atoms with E-state index in [1.807, 2.05) is 36.4 Å². The molecule has 0 saturated heterocycles. The van der Waals surface area contributed by atoms with Crippen LogP contribution in [0.5, 0.6) is 5.75 Å². The lowest BCUT2D eigenvalue weighted by atomic mass is 10.1. The maximum atomic E-state index is 12.8. The Kier molecular flexibility index (Phi) is 4.43. The molecule has 1 aromatic heterocycles. The first-order chi connectivity index (χ1) is 11.2. The molecular weight excluding hydrogens is 290 g/mol. The first kappa shape index (κ1) is 14.9. The Morgan fingerprint density at radius 2 is 1.65 bits per heavy atom.